The molecule has 170 valence electrons. The predicted molar refractivity (Wildman–Crippen MR) is 131 cm³/mol. The van der Waals surface area contributed by atoms with Crippen LogP contribution in [0, 0.1) is 0 Å². The van der Waals surface area contributed by atoms with Crippen molar-refractivity contribution in [3.8, 4) is 5.75 Å². The smallest absolute Gasteiger partial charge is 0.338 e. The fourth-order valence-corrected chi connectivity index (χ4v) is 5.14. The number of carbonyl (C=O) groups is 1. The molecule has 0 spiro atoms. The summed E-state index contributed by atoms with van der Waals surface area (Å²) < 4.78 is 7.60. The third-order valence-corrected chi connectivity index (χ3v) is 6.93. The fourth-order valence-electron chi connectivity index (χ4n) is 3.68. The lowest BCUT2D eigenvalue weighted by Gasteiger charge is -2.25. The van der Waals surface area contributed by atoms with E-state index >= 15 is 0 Å². The van der Waals surface area contributed by atoms with Crippen LogP contribution in [0.15, 0.2) is 74.5 Å². The Hall–Kier alpha value is -3.10. The van der Waals surface area contributed by atoms with Crippen molar-refractivity contribution in [1.29, 1.82) is 0 Å². The Morgan fingerprint density at radius 3 is 2.45 bits per heavy atom. The maximum absolute atomic E-state index is 13.5. The maximum Gasteiger partial charge on any atom is 0.338 e. The summed E-state index contributed by atoms with van der Waals surface area (Å²) in [4.78, 5) is 32.8. The van der Waals surface area contributed by atoms with Crippen molar-refractivity contribution < 1.29 is 14.6 Å². The molecule has 0 fully saturated rings. The molecular weight excluding hydrogens is 456 g/mol. The Bertz CT molecular complexity index is 1400. The third kappa shape index (κ3) is 4.67. The van der Waals surface area contributed by atoms with Crippen LogP contribution in [0.2, 0.25) is 0 Å². The lowest BCUT2D eigenvalue weighted by atomic mass is 9.96. The molecule has 3 aromatic rings. The number of aromatic hydroxyl groups is 1. The molecule has 0 unspecified atom stereocenters. The summed E-state index contributed by atoms with van der Waals surface area (Å²) in [5.41, 5.74) is 2.28. The predicted octanol–water partition coefficient (Wildman–Crippen LogP) is 3.61. The lowest BCUT2D eigenvalue weighted by Crippen LogP contribution is -2.40. The zero-order valence-corrected chi connectivity index (χ0v) is 20.4. The largest absolute Gasteiger partial charge is 0.508 e. The number of esters is 1. The van der Waals surface area contributed by atoms with E-state index in [1.54, 1.807) is 67.4 Å². The van der Waals surface area contributed by atoms with Gasteiger partial charge in [-0.3, -0.25) is 9.36 Å². The van der Waals surface area contributed by atoms with Crippen LogP contribution in [0.25, 0.3) is 6.08 Å². The number of phenolic OH excluding ortho intramolecular Hbond substituents is 1. The van der Waals surface area contributed by atoms with Crippen molar-refractivity contribution in [3.05, 3.63) is 90.6 Å². The zero-order chi connectivity index (χ0) is 23.7. The van der Waals surface area contributed by atoms with E-state index in [0.717, 1.165) is 16.0 Å². The van der Waals surface area contributed by atoms with Gasteiger partial charge in [0.1, 0.15) is 5.75 Å². The molecule has 1 aliphatic rings. The van der Waals surface area contributed by atoms with Gasteiger partial charge in [0, 0.05) is 4.90 Å². The highest BCUT2D eigenvalue weighted by molar-refractivity contribution is 7.98. The van der Waals surface area contributed by atoms with E-state index in [4.69, 9.17) is 4.74 Å². The van der Waals surface area contributed by atoms with Gasteiger partial charge in [0.05, 0.1) is 27.9 Å². The van der Waals surface area contributed by atoms with Crippen molar-refractivity contribution in [2.45, 2.75) is 37.8 Å². The molecule has 6 nitrogen and oxygen atoms in total. The highest BCUT2D eigenvalue weighted by Crippen LogP contribution is 2.32. The summed E-state index contributed by atoms with van der Waals surface area (Å²) in [6.45, 7) is 5.36. The monoisotopic (exact) mass is 480 g/mol. The van der Waals surface area contributed by atoms with Gasteiger partial charge >= 0.3 is 5.97 Å². The molecule has 4 rings (SSSR count). The van der Waals surface area contributed by atoms with E-state index < -0.39 is 12.0 Å². The average Bonchev–Trinajstić information content (AvgIpc) is 3.08. The van der Waals surface area contributed by atoms with Gasteiger partial charge in [0.2, 0.25) is 0 Å². The van der Waals surface area contributed by atoms with Crippen LogP contribution in [0.3, 0.4) is 0 Å². The van der Waals surface area contributed by atoms with Gasteiger partial charge in [-0.1, -0.05) is 35.6 Å². The van der Waals surface area contributed by atoms with E-state index in [9.17, 15) is 14.7 Å². The minimum atomic E-state index is -0.634. The number of allylic oxidation sites excluding steroid dienone is 1. The van der Waals surface area contributed by atoms with Crippen molar-refractivity contribution >= 4 is 35.1 Å². The minimum absolute atomic E-state index is 0.159. The molecule has 1 aromatic heterocycles. The zero-order valence-electron chi connectivity index (χ0n) is 18.7. The molecule has 2 heterocycles. The van der Waals surface area contributed by atoms with Gasteiger partial charge in [-0.25, -0.2) is 9.79 Å². The number of phenols is 1. The van der Waals surface area contributed by atoms with Crippen molar-refractivity contribution in [2.24, 2.45) is 4.99 Å². The quantitative estimate of drug-likeness (QED) is 0.446. The Balaban J connectivity index is 1.92. The van der Waals surface area contributed by atoms with Gasteiger partial charge in [0.25, 0.3) is 5.56 Å². The van der Waals surface area contributed by atoms with Gasteiger partial charge in [-0.05, 0) is 68.5 Å². The number of rotatable bonds is 5. The number of aromatic nitrogens is 1. The summed E-state index contributed by atoms with van der Waals surface area (Å²) in [7, 11) is 0. The molecular formula is C25H24N2O4S2. The Labute approximate surface area is 199 Å². The van der Waals surface area contributed by atoms with Crippen LogP contribution in [-0.4, -0.2) is 28.0 Å². The molecule has 0 radical (unpaired) electrons. The highest BCUT2D eigenvalue weighted by Gasteiger charge is 2.33. The van der Waals surface area contributed by atoms with E-state index in [1.165, 1.54) is 11.3 Å². The second kappa shape index (κ2) is 9.41. The van der Waals surface area contributed by atoms with Crippen molar-refractivity contribution in [2.75, 3.05) is 6.26 Å². The Morgan fingerprint density at radius 2 is 1.85 bits per heavy atom. The number of carbonyl (C=O) groups excluding carboxylic acids is 1. The van der Waals surface area contributed by atoms with Crippen LogP contribution < -0.4 is 14.9 Å². The third-order valence-electron chi connectivity index (χ3n) is 5.21. The normalized spacial score (nSPS) is 16.0. The summed E-state index contributed by atoms with van der Waals surface area (Å²) in [5, 5.41) is 9.54. The average molecular weight is 481 g/mol. The molecule has 8 heteroatoms. The first kappa shape index (κ1) is 23.1. The van der Waals surface area contributed by atoms with Crippen LogP contribution in [-0.2, 0) is 9.53 Å². The standard InChI is InChI=1S/C25H24N2O4S2/c1-14(2)31-24(30)21-15(3)26-25-27(22(21)17-7-11-19(32-4)12-8-17)23(29)20(33-25)13-16-5-9-18(28)10-6-16/h5-14,22,28H,1-4H3/b20-13+/t22-/m0/s1. The second-order valence-electron chi connectivity index (χ2n) is 7.90. The number of hydrogen-bond acceptors (Lipinski definition) is 7. The number of hydrogen-bond donors (Lipinski definition) is 1. The van der Waals surface area contributed by atoms with E-state index in [1.807, 2.05) is 30.5 Å². The van der Waals surface area contributed by atoms with Gasteiger partial charge in [0.15, 0.2) is 4.80 Å². The summed E-state index contributed by atoms with van der Waals surface area (Å²) in [6.07, 6.45) is 3.47. The highest BCUT2D eigenvalue weighted by atomic mass is 32.2. The molecule has 0 amide bonds. The molecule has 1 atom stereocenters. The SMILES string of the molecule is CSc1ccc([C@H]2C(C(=O)OC(C)C)=C(C)N=c3s/c(=C/c4ccc(O)cc4)c(=O)n32)cc1. The number of nitrogens with zero attached hydrogens (tertiary/aromatic N) is 2. The van der Waals surface area contributed by atoms with Crippen LogP contribution in [0.1, 0.15) is 37.9 Å². The number of ether oxygens (including phenoxy) is 1. The summed E-state index contributed by atoms with van der Waals surface area (Å²) >= 11 is 2.90. The maximum atomic E-state index is 13.5. The Morgan fingerprint density at radius 1 is 1.18 bits per heavy atom. The molecule has 33 heavy (non-hydrogen) atoms. The van der Waals surface area contributed by atoms with Crippen molar-refractivity contribution in [3.63, 3.8) is 0 Å². The number of benzene rings is 2. The van der Waals surface area contributed by atoms with E-state index in [0.29, 0.717) is 20.6 Å². The molecule has 0 saturated heterocycles. The van der Waals surface area contributed by atoms with E-state index in [-0.39, 0.29) is 17.4 Å². The first-order chi connectivity index (χ1) is 15.8. The van der Waals surface area contributed by atoms with Gasteiger partial charge in [-0.15, -0.1) is 11.8 Å². The molecule has 1 aliphatic heterocycles. The van der Waals surface area contributed by atoms with Crippen LogP contribution in [0.5, 0.6) is 5.75 Å². The van der Waals surface area contributed by atoms with Crippen molar-refractivity contribution in [1.82, 2.24) is 4.57 Å². The molecule has 0 bridgehead atoms. The number of fused-ring (bicyclic) bond motifs is 1. The summed E-state index contributed by atoms with van der Waals surface area (Å²) in [6, 6.07) is 13.8. The first-order valence-electron chi connectivity index (χ1n) is 10.4. The molecule has 0 aliphatic carbocycles. The Kier molecular flexibility index (Phi) is 6.58. The van der Waals surface area contributed by atoms with Crippen LogP contribution in [0.4, 0.5) is 0 Å². The van der Waals surface area contributed by atoms with Gasteiger partial charge < -0.3 is 9.84 Å². The molecule has 2 aromatic carbocycles. The van der Waals surface area contributed by atoms with Gasteiger partial charge in [-0.2, -0.15) is 0 Å². The molecule has 0 saturated carbocycles. The van der Waals surface area contributed by atoms with Crippen LogP contribution >= 0.6 is 23.1 Å². The molecule has 1 N–H and O–H groups in total. The fraction of sp³-hybridized carbons (Fsp3) is 0.240. The minimum Gasteiger partial charge on any atom is -0.508 e. The lowest BCUT2D eigenvalue weighted by molar-refractivity contribution is -0.143. The summed E-state index contributed by atoms with van der Waals surface area (Å²) in [5.74, 6) is -0.316. The first-order valence-corrected chi connectivity index (χ1v) is 12.5. The number of thioether (sulfide) groups is 1. The second-order valence-corrected chi connectivity index (χ2v) is 9.79. The number of thiazole rings is 1. The topological polar surface area (TPSA) is 80.9 Å². The van der Waals surface area contributed by atoms with E-state index in [2.05, 4.69) is 4.99 Å².